The van der Waals surface area contributed by atoms with Crippen LogP contribution < -0.4 is 19.1 Å². The fourth-order valence-electron chi connectivity index (χ4n) is 5.54. The van der Waals surface area contributed by atoms with Gasteiger partial charge in [0.15, 0.2) is 23.1 Å². The standard InChI is InChI=1S/C33H42FN3O7.BrH/c1-6-42-26-17-21-18-37(32(35)28(21)29(34)31(26)43-7-2)19-25(39)20-15-23(33(3,4)5)30(44-14-8-9-27(40)41)24(16-20)36-12-10-22(38)11-13-36;/h15-17,35H,6-14,18-19H2,1-5H3,(H,40,41);1H. The second-order valence-corrected chi connectivity index (χ2v) is 12.0. The van der Waals surface area contributed by atoms with E-state index in [2.05, 4.69) is 0 Å². The van der Waals surface area contributed by atoms with E-state index in [-0.39, 0.29) is 84.2 Å². The molecule has 2 heterocycles. The highest BCUT2D eigenvalue weighted by atomic mass is 79.9. The van der Waals surface area contributed by atoms with Gasteiger partial charge in [-0.05, 0) is 49.4 Å². The van der Waals surface area contributed by atoms with E-state index in [1.54, 1.807) is 32.0 Å². The number of ketones is 2. The number of hydrogen-bond donors (Lipinski definition) is 2. The fraction of sp³-hybridized carbons (Fsp3) is 0.515. The number of piperidine rings is 1. The number of fused-ring (bicyclic) bond motifs is 1. The molecule has 0 spiro atoms. The van der Waals surface area contributed by atoms with Crippen molar-refractivity contribution in [3.63, 3.8) is 0 Å². The topological polar surface area (TPSA) is 129 Å². The number of carbonyl (C=O) groups is 3. The summed E-state index contributed by atoms with van der Waals surface area (Å²) in [6.45, 7) is 11.3. The largest absolute Gasteiger partial charge is 0.491 e. The molecule has 0 amide bonds. The van der Waals surface area contributed by atoms with E-state index in [1.807, 2.05) is 25.7 Å². The summed E-state index contributed by atoms with van der Waals surface area (Å²) in [7, 11) is 0. The molecule has 0 unspecified atom stereocenters. The molecule has 2 aromatic carbocycles. The van der Waals surface area contributed by atoms with E-state index in [0.29, 0.717) is 61.5 Å². The normalized spacial score (nSPS) is 14.6. The van der Waals surface area contributed by atoms with Crippen molar-refractivity contribution in [2.24, 2.45) is 0 Å². The van der Waals surface area contributed by atoms with Crippen LogP contribution in [0.3, 0.4) is 0 Å². The maximum atomic E-state index is 15.6. The molecule has 2 aromatic rings. The molecule has 4 rings (SSSR count). The predicted molar refractivity (Wildman–Crippen MR) is 175 cm³/mol. The lowest BCUT2D eigenvalue weighted by Gasteiger charge is -2.33. The highest BCUT2D eigenvalue weighted by Crippen LogP contribution is 2.42. The molecule has 2 aliphatic rings. The second-order valence-electron chi connectivity index (χ2n) is 12.0. The number of nitrogens with zero attached hydrogens (tertiary/aromatic N) is 2. The molecule has 0 atom stereocenters. The summed E-state index contributed by atoms with van der Waals surface area (Å²) in [6, 6.07) is 5.23. The van der Waals surface area contributed by atoms with E-state index in [1.165, 1.54) is 4.90 Å². The van der Waals surface area contributed by atoms with Crippen LogP contribution in [0, 0.1) is 11.2 Å². The zero-order chi connectivity index (χ0) is 32.2. The third kappa shape index (κ3) is 8.14. The summed E-state index contributed by atoms with van der Waals surface area (Å²) in [6.07, 6.45) is 1.05. The monoisotopic (exact) mass is 691 g/mol. The number of carbonyl (C=O) groups excluding carboxylic acids is 2. The summed E-state index contributed by atoms with van der Waals surface area (Å²) >= 11 is 0. The number of amidine groups is 1. The Hall–Kier alpha value is -3.67. The second kappa shape index (κ2) is 15.1. The highest BCUT2D eigenvalue weighted by molar-refractivity contribution is 8.93. The van der Waals surface area contributed by atoms with Crippen LogP contribution in [-0.2, 0) is 21.5 Å². The molecule has 1 fully saturated rings. The summed E-state index contributed by atoms with van der Waals surface area (Å²) in [5, 5.41) is 17.8. The van der Waals surface area contributed by atoms with Crippen molar-refractivity contribution in [3.05, 3.63) is 46.3 Å². The third-order valence-electron chi connectivity index (χ3n) is 7.75. The number of benzene rings is 2. The van der Waals surface area contributed by atoms with E-state index < -0.39 is 17.2 Å². The Kier molecular flexibility index (Phi) is 12.0. The number of Topliss-reactive ketones (excluding diaryl/α,β-unsaturated/α-hetero) is 2. The summed E-state index contributed by atoms with van der Waals surface area (Å²) in [4.78, 5) is 40.5. The summed E-state index contributed by atoms with van der Waals surface area (Å²) in [5.74, 6) is -0.951. The number of hydrogen-bond acceptors (Lipinski definition) is 8. The predicted octanol–water partition coefficient (Wildman–Crippen LogP) is 5.94. The minimum Gasteiger partial charge on any atom is -0.491 e. The number of rotatable bonds is 13. The van der Waals surface area contributed by atoms with Gasteiger partial charge in [-0.15, -0.1) is 17.0 Å². The first-order valence-electron chi connectivity index (χ1n) is 15.1. The quantitative estimate of drug-likeness (QED) is 0.194. The van der Waals surface area contributed by atoms with Crippen LogP contribution in [0.2, 0.25) is 0 Å². The Morgan fingerprint density at radius 3 is 2.29 bits per heavy atom. The van der Waals surface area contributed by atoms with Gasteiger partial charge in [0.2, 0.25) is 0 Å². The van der Waals surface area contributed by atoms with Crippen molar-refractivity contribution in [2.75, 3.05) is 44.4 Å². The molecular weight excluding hydrogens is 649 g/mol. The van der Waals surface area contributed by atoms with Gasteiger partial charge in [0.1, 0.15) is 17.4 Å². The van der Waals surface area contributed by atoms with Gasteiger partial charge in [0.05, 0.1) is 37.6 Å². The van der Waals surface area contributed by atoms with Gasteiger partial charge in [0, 0.05) is 50.0 Å². The smallest absolute Gasteiger partial charge is 0.303 e. The van der Waals surface area contributed by atoms with E-state index in [9.17, 15) is 14.4 Å². The number of nitrogens with one attached hydrogen (secondary N) is 1. The lowest BCUT2D eigenvalue weighted by atomic mass is 9.84. The first kappa shape index (κ1) is 35.8. The molecule has 0 radical (unpaired) electrons. The minimum atomic E-state index is -0.905. The molecule has 12 heteroatoms. The van der Waals surface area contributed by atoms with Gasteiger partial charge in [-0.1, -0.05) is 20.8 Å². The minimum absolute atomic E-state index is 0. The molecule has 246 valence electrons. The number of aliphatic carboxylic acids is 1. The van der Waals surface area contributed by atoms with Crippen molar-refractivity contribution >= 4 is 46.0 Å². The first-order chi connectivity index (χ1) is 20.8. The molecule has 1 saturated heterocycles. The van der Waals surface area contributed by atoms with Crippen molar-refractivity contribution in [1.82, 2.24) is 4.90 Å². The van der Waals surface area contributed by atoms with Crippen LogP contribution in [-0.4, -0.2) is 72.8 Å². The Morgan fingerprint density at radius 1 is 1.02 bits per heavy atom. The number of ether oxygens (including phenoxy) is 3. The van der Waals surface area contributed by atoms with Crippen LogP contribution in [0.25, 0.3) is 0 Å². The zero-order valence-electron chi connectivity index (χ0n) is 26.6. The van der Waals surface area contributed by atoms with Crippen molar-refractivity contribution < 1.29 is 38.1 Å². The Bertz CT molecular complexity index is 1450. The molecule has 0 aliphatic carbocycles. The van der Waals surface area contributed by atoms with Gasteiger partial charge >= 0.3 is 5.97 Å². The number of anilines is 1. The summed E-state index contributed by atoms with van der Waals surface area (Å²) in [5.41, 5.74) is 2.07. The third-order valence-corrected chi connectivity index (χ3v) is 7.75. The fourth-order valence-corrected chi connectivity index (χ4v) is 5.54. The number of carboxylic acids is 1. The average molecular weight is 693 g/mol. The lowest BCUT2D eigenvalue weighted by molar-refractivity contribution is -0.137. The SMILES string of the molecule is Br.CCOc1cc2c(c(F)c1OCC)C(=N)N(CC(=O)c1cc(N3CCC(=O)CC3)c(OCCCC(=O)O)c(C(C)(C)C)c1)C2. The van der Waals surface area contributed by atoms with Gasteiger partial charge in [0.25, 0.3) is 0 Å². The molecule has 0 saturated carbocycles. The molecule has 0 bridgehead atoms. The van der Waals surface area contributed by atoms with E-state index >= 15 is 4.39 Å². The van der Waals surface area contributed by atoms with Crippen molar-refractivity contribution in [2.45, 2.75) is 72.3 Å². The van der Waals surface area contributed by atoms with Gasteiger partial charge in [-0.25, -0.2) is 4.39 Å². The molecule has 0 aromatic heterocycles. The van der Waals surface area contributed by atoms with Crippen LogP contribution in [0.15, 0.2) is 18.2 Å². The van der Waals surface area contributed by atoms with Crippen LogP contribution in [0.5, 0.6) is 17.2 Å². The van der Waals surface area contributed by atoms with Crippen LogP contribution in [0.1, 0.15) is 87.4 Å². The van der Waals surface area contributed by atoms with Gasteiger partial charge in [-0.2, -0.15) is 0 Å². The maximum Gasteiger partial charge on any atom is 0.303 e. The van der Waals surface area contributed by atoms with Crippen LogP contribution in [0.4, 0.5) is 10.1 Å². The molecule has 2 aliphatic heterocycles. The average Bonchev–Trinajstić information content (AvgIpc) is 3.27. The molecular formula is C33H43BrFN3O7. The van der Waals surface area contributed by atoms with Gasteiger partial charge in [-0.3, -0.25) is 19.8 Å². The van der Waals surface area contributed by atoms with E-state index in [0.717, 1.165) is 5.56 Å². The number of carboxylic acid groups (broad SMARTS) is 1. The Morgan fingerprint density at radius 2 is 1.69 bits per heavy atom. The summed E-state index contributed by atoms with van der Waals surface area (Å²) < 4.78 is 32.9. The first-order valence-corrected chi connectivity index (χ1v) is 15.1. The maximum absolute atomic E-state index is 15.6. The van der Waals surface area contributed by atoms with Gasteiger partial charge < -0.3 is 29.1 Å². The van der Waals surface area contributed by atoms with Crippen molar-refractivity contribution in [3.8, 4) is 17.2 Å². The van der Waals surface area contributed by atoms with Crippen molar-refractivity contribution in [1.29, 1.82) is 5.41 Å². The Balaban J connectivity index is 0.00000552. The zero-order valence-corrected chi connectivity index (χ0v) is 28.3. The highest BCUT2D eigenvalue weighted by Gasteiger charge is 2.34. The van der Waals surface area contributed by atoms with E-state index in [4.69, 9.17) is 24.7 Å². The van der Waals surface area contributed by atoms with Crippen LogP contribution >= 0.6 is 17.0 Å². The molecule has 2 N–H and O–H groups in total. The lowest BCUT2D eigenvalue weighted by Crippen LogP contribution is -2.35. The number of halogens is 2. The Labute approximate surface area is 274 Å². The molecule has 45 heavy (non-hydrogen) atoms. The molecule has 10 nitrogen and oxygen atoms in total.